The highest BCUT2D eigenvalue weighted by Crippen LogP contribution is 2.30. The van der Waals surface area contributed by atoms with Crippen LogP contribution in [0.4, 0.5) is 4.39 Å². The minimum atomic E-state index is -0.620. The molecule has 7 nitrogen and oxygen atoms in total. The Kier molecular flexibility index (Phi) is 6.20. The highest BCUT2D eigenvalue weighted by molar-refractivity contribution is 5.98. The van der Waals surface area contributed by atoms with E-state index in [-0.39, 0.29) is 24.0 Å². The Bertz CT molecular complexity index is 1150. The number of halogens is 1. The fourth-order valence-electron chi connectivity index (χ4n) is 4.01. The summed E-state index contributed by atoms with van der Waals surface area (Å²) >= 11 is 0. The highest BCUT2D eigenvalue weighted by Gasteiger charge is 2.29. The summed E-state index contributed by atoms with van der Waals surface area (Å²) in [4.78, 5) is 31.2. The number of ether oxygens (including phenoxy) is 2. The smallest absolute Gasteiger partial charge is 0.260 e. The molecule has 2 N–H and O–H groups in total. The standard InChI is InChI=1S/C24H24FN3O4/c1-31-18-5-7-19(8-6-18)32-14-22(29)28-10-2-3-15(13-28)23-20(24(26)30)12-16-11-17(25)4-9-21(16)27-23/h4-9,11-12,15H,2-3,10,13-14H2,1H3,(H2,26,30). The van der Waals surface area contributed by atoms with Crippen LogP contribution in [-0.2, 0) is 4.79 Å². The normalized spacial score (nSPS) is 16.1. The first-order chi connectivity index (χ1) is 15.4. The molecule has 0 aliphatic carbocycles. The van der Waals surface area contributed by atoms with E-state index >= 15 is 0 Å². The first-order valence-electron chi connectivity index (χ1n) is 10.4. The van der Waals surface area contributed by atoms with Crippen LogP contribution in [0, 0.1) is 5.82 Å². The molecule has 2 heterocycles. The maximum atomic E-state index is 13.6. The zero-order valence-corrected chi connectivity index (χ0v) is 17.7. The van der Waals surface area contributed by atoms with Gasteiger partial charge in [0.15, 0.2) is 6.61 Å². The fourth-order valence-corrected chi connectivity index (χ4v) is 4.01. The van der Waals surface area contributed by atoms with Gasteiger partial charge >= 0.3 is 0 Å². The molecule has 1 aromatic heterocycles. The van der Waals surface area contributed by atoms with E-state index in [1.54, 1.807) is 48.4 Å². The van der Waals surface area contributed by atoms with Crippen molar-refractivity contribution in [2.45, 2.75) is 18.8 Å². The van der Waals surface area contributed by atoms with E-state index in [1.807, 2.05) is 0 Å². The third-order valence-electron chi connectivity index (χ3n) is 5.65. The SMILES string of the molecule is COc1ccc(OCC(=O)N2CCCC(c3nc4ccc(F)cc4cc3C(N)=O)C2)cc1. The largest absolute Gasteiger partial charge is 0.497 e. The van der Waals surface area contributed by atoms with Gasteiger partial charge in [-0.2, -0.15) is 0 Å². The minimum absolute atomic E-state index is 0.0911. The number of nitrogens with two attached hydrogens (primary N) is 1. The zero-order chi connectivity index (χ0) is 22.7. The summed E-state index contributed by atoms with van der Waals surface area (Å²) in [5, 5.41) is 0.513. The lowest BCUT2D eigenvalue weighted by molar-refractivity contribution is -0.134. The number of aromatic nitrogens is 1. The van der Waals surface area contributed by atoms with Crippen LogP contribution in [0.5, 0.6) is 11.5 Å². The van der Waals surface area contributed by atoms with Crippen molar-refractivity contribution < 1.29 is 23.5 Å². The molecular weight excluding hydrogens is 413 g/mol. The van der Waals surface area contributed by atoms with Gasteiger partial charge in [-0.25, -0.2) is 4.39 Å². The molecule has 1 saturated heterocycles. The van der Waals surface area contributed by atoms with Gasteiger partial charge in [0.05, 0.1) is 23.9 Å². The Labute approximate surface area is 184 Å². The number of nitrogens with zero attached hydrogens (tertiary/aromatic N) is 2. The van der Waals surface area contributed by atoms with Gasteiger partial charge in [0, 0.05) is 24.4 Å². The van der Waals surface area contributed by atoms with Crippen molar-refractivity contribution in [1.29, 1.82) is 0 Å². The van der Waals surface area contributed by atoms with E-state index in [0.29, 0.717) is 41.2 Å². The molecule has 2 aromatic carbocycles. The van der Waals surface area contributed by atoms with Gasteiger partial charge in [-0.1, -0.05) is 0 Å². The number of fused-ring (bicyclic) bond motifs is 1. The minimum Gasteiger partial charge on any atom is -0.497 e. The van der Waals surface area contributed by atoms with Crippen LogP contribution in [0.2, 0.25) is 0 Å². The van der Waals surface area contributed by atoms with E-state index in [1.165, 1.54) is 12.1 Å². The number of rotatable bonds is 6. The Morgan fingerprint density at radius 1 is 1.16 bits per heavy atom. The molecule has 0 spiro atoms. The van der Waals surface area contributed by atoms with E-state index < -0.39 is 11.7 Å². The summed E-state index contributed by atoms with van der Waals surface area (Å²) in [5.41, 5.74) is 6.98. The number of hydrogen-bond donors (Lipinski definition) is 1. The molecule has 3 aromatic rings. The summed E-state index contributed by atoms with van der Waals surface area (Å²) in [6.45, 7) is 0.920. The lowest BCUT2D eigenvalue weighted by Crippen LogP contribution is -2.42. The van der Waals surface area contributed by atoms with Gasteiger partial charge in [-0.3, -0.25) is 14.6 Å². The third kappa shape index (κ3) is 4.64. The molecule has 1 fully saturated rings. The molecule has 8 heteroatoms. The van der Waals surface area contributed by atoms with Crippen LogP contribution in [0.1, 0.15) is 34.8 Å². The molecule has 2 amide bonds. The first kappa shape index (κ1) is 21.5. The molecule has 1 unspecified atom stereocenters. The van der Waals surface area contributed by atoms with Crippen LogP contribution < -0.4 is 15.2 Å². The van der Waals surface area contributed by atoms with Crippen molar-refractivity contribution in [2.24, 2.45) is 5.73 Å². The molecule has 0 radical (unpaired) electrons. The average Bonchev–Trinajstić information content (AvgIpc) is 2.82. The van der Waals surface area contributed by atoms with Crippen LogP contribution >= 0.6 is 0 Å². The van der Waals surface area contributed by atoms with Gasteiger partial charge in [-0.05, 0) is 61.4 Å². The lowest BCUT2D eigenvalue weighted by Gasteiger charge is -2.33. The number of likely N-dealkylation sites (tertiary alicyclic amines) is 1. The molecule has 32 heavy (non-hydrogen) atoms. The highest BCUT2D eigenvalue weighted by atomic mass is 19.1. The average molecular weight is 437 g/mol. The van der Waals surface area contributed by atoms with Gasteiger partial charge in [0.1, 0.15) is 17.3 Å². The summed E-state index contributed by atoms with van der Waals surface area (Å²) in [7, 11) is 1.58. The third-order valence-corrected chi connectivity index (χ3v) is 5.65. The number of piperidine rings is 1. The second-order valence-corrected chi connectivity index (χ2v) is 7.77. The predicted molar refractivity (Wildman–Crippen MR) is 117 cm³/mol. The number of primary amides is 1. The topological polar surface area (TPSA) is 94.8 Å². The second-order valence-electron chi connectivity index (χ2n) is 7.77. The zero-order valence-electron chi connectivity index (χ0n) is 17.7. The van der Waals surface area contributed by atoms with Gasteiger partial charge in [0.25, 0.3) is 11.8 Å². The molecule has 1 aliphatic rings. The Hall–Kier alpha value is -3.68. The summed E-state index contributed by atoms with van der Waals surface area (Å²) in [6, 6.07) is 12.8. The Balaban J connectivity index is 1.49. The maximum Gasteiger partial charge on any atom is 0.260 e. The first-order valence-corrected chi connectivity index (χ1v) is 10.4. The summed E-state index contributed by atoms with van der Waals surface area (Å²) in [5.74, 6) is -0.0380. The summed E-state index contributed by atoms with van der Waals surface area (Å²) < 4.78 is 24.3. The Morgan fingerprint density at radius 3 is 2.62 bits per heavy atom. The van der Waals surface area contributed by atoms with E-state index in [0.717, 1.165) is 12.8 Å². The van der Waals surface area contributed by atoms with E-state index in [2.05, 4.69) is 4.98 Å². The van der Waals surface area contributed by atoms with Crippen molar-refractivity contribution in [2.75, 3.05) is 26.8 Å². The number of carbonyl (C=O) groups is 2. The number of pyridine rings is 1. The lowest BCUT2D eigenvalue weighted by atomic mass is 9.90. The molecule has 166 valence electrons. The Morgan fingerprint density at radius 2 is 1.91 bits per heavy atom. The van der Waals surface area contributed by atoms with Crippen LogP contribution in [0.3, 0.4) is 0 Å². The van der Waals surface area contributed by atoms with Crippen LogP contribution in [0.25, 0.3) is 10.9 Å². The molecule has 0 bridgehead atoms. The van der Waals surface area contributed by atoms with Gasteiger partial charge < -0.3 is 20.1 Å². The molecule has 4 rings (SSSR count). The van der Waals surface area contributed by atoms with Gasteiger partial charge in [-0.15, -0.1) is 0 Å². The predicted octanol–water partition coefficient (Wildman–Crippen LogP) is 3.27. The molecular formula is C24H24FN3O4. The second kappa shape index (κ2) is 9.21. The summed E-state index contributed by atoms with van der Waals surface area (Å²) in [6.07, 6.45) is 1.53. The molecule has 1 atom stereocenters. The number of hydrogen-bond acceptors (Lipinski definition) is 5. The van der Waals surface area contributed by atoms with Crippen molar-refractivity contribution in [3.05, 3.63) is 65.6 Å². The van der Waals surface area contributed by atoms with Crippen molar-refractivity contribution in [3.8, 4) is 11.5 Å². The fraction of sp³-hybridized carbons (Fsp3) is 0.292. The molecule has 0 saturated carbocycles. The number of carbonyl (C=O) groups excluding carboxylic acids is 2. The number of amides is 2. The van der Waals surface area contributed by atoms with E-state index in [4.69, 9.17) is 15.2 Å². The van der Waals surface area contributed by atoms with Crippen LogP contribution in [0.15, 0.2) is 48.5 Å². The number of benzene rings is 2. The monoisotopic (exact) mass is 437 g/mol. The van der Waals surface area contributed by atoms with Crippen LogP contribution in [-0.4, -0.2) is 48.5 Å². The van der Waals surface area contributed by atoms with E-state index in [9.17, 15) is 14.0 Å². The van der Waals surface area contributed by atoms with Gasteiger partial charge in [0.2, 0.25) is 0 Å². The molecule has 1 aliphatic heterocycles. The number of methoxy groups -OCH3 is 1. The quantitative estimate of drug-likeness (QED) is 0.639. The maximum absolute atomic E-state index is 13.6. The van der Waals surface area contributed by atoms with Crippen molar-refractivity contribution >= 4 is 22.7 Å². The van der Waals surface area contributed by atoms with Crippen molar-refractivity contribution in [3.63, 3.8) is 0 Å². The van der Waals surface area contributed by atoms with Crippen molar-refractivity contribution in [1.82, 2.24) is 9.88 Å².